The first kappa shape index (κ1) is 39.3. The van der Waals surface area contributed by atoms with Gasteiger partial charge in [0.25, 0.3) is 0 Å². The molecule has 6 saturated heterocycles. The Kier molecular flexibility index (Phi) is 13.3. The summed E-state index contributed by atoms with van der Waals surface area (Å²) in [4.78, 5) is 16.4. The minimum atomic E-state index is -0.617. The predicted molar refractivity (Wildman–Crippen MR) is 204 cm³/mol. The van der Waals surface area contributed by atoms with Gasteiger partial charge in [0.2, 0.25) is 0 Å². The summed E-state index contributed by atoms with van der Waals surface area (Å²) in [7, 11) is 3.75. The van der Waals surface area contributed by atoms with Crippen LogP contribution in [-0.4, -0.2) is 175 Å². The van der Waals surface area contributed by atoms with E-state index in [-0.39, 0.29) is 16.6 Å². The van der Waals surface area contributed by atoms with Gasteiger partial charge in [0.05, 0.1) is 12.2 Å². The second-order valence-corrected chi connectivity index (χ2v) is 18.9. The number of rotatable bonds is 14. The number of nitrogens with zero attached hydrogens (tertiary/aromatic N) is 6. The molecule has 0 aromatic heterocycles. The lowest BCUT2D eigenvalue weighted by Crippen LogP contribution is -2.57. The molecule has 0 saturated carbocycles. The van der Waals surface area contributed by atoms with Crippen molar-refractivity contribution in [2.24, 2.45) is 0 Å². The zero-order valence-corrected chi connectivity index (χ0v) is 33.5. The highest BCUT2D eigenvalue weighted by Gasteiger charge is 2.42. The van der Waals surface area contributed by atoms with E-state index >= 15 is 0 Å². The molecule has 0 aliphatic carbocycles. The number of hydrogen-bond acceptors (Lipinski definition) is 8. The number of halogens is 1. The molecule has 4 atom stereocenters. The lowest BCUT2D eigenvalue weighted by Gasteiger charge is -2.51. The summed E-state index contributed by atoms with van der Waals surface area (Å²) in [5.41, 5.74) is 0.579. The molecule has 0 bridgehead atoms. The van der Waals surface area contributed by atoms with Crippen molar-refractivity contribution in [3.8, 4) is 0 Å². The summed E-state index contributed by atoms with van der Waals surface area (Å²) >= 11 is 0. The van der Waals surface area contributed by atoms with Crippen molar-refractivity contribution in [1.29, 1.82) is 0 Å². The Morgan fingerprint density at radius 2 is 0.820 bits per heavy atom. The first-order valence-corrected chi connectivity index (χ1v) is 21.1. The molecule has 0 radical (unpaired) electrons. The van der Waals surface area contributed by atoms with Crippen LogP contribution in [0.15, 0.2) is 0 Å². The van der Waals surface area contributed by atoms with Crippen LogP contribution >= 0.6 is 0 Å². The molecular weight excluding hydrogens is 627 g/mol. The Bertz CT molecular complexity index is 980. The molecule has 1 unspecified atom stereocenters. The van der Waals surface area contributed by atoms with Crippen LogP contribution in [0.4, 0.5) is 4.39 Å². The molecule has 8 nitrogen and oxygen atoms in total. The minimum Gasteiger partial charge on any atom is -0.380 e. The molecule has 9 heteroatoms. The number of ether oxygens (including phenoxy) is 2. The third-order valence-electron chi connectivity index (χ3n) is 15.2. The molecule has 0 aromatic carbocycles. The highest BCUT2D eigenvalue weighted by Crippen LogP contribution is 2.39. The molecular formula is C41H77FN6O2. The maximum Gasteiger partial charge on any atom is 0.114 e. The summed E-state index contributed by atoms with van der Waals surface area (Å²) < 4.78 is 25.5. The summed E-state index contributed by atoms with van der Waals surface area (Å²) in [6.45, 7) is 26.2. The summed E-state index contributed by atoms with van der Waals surface area (Å²) in [5.74, 6) is 0. The molecule has 50 heavy (non-hydrogen) atoms. The fourth-order valence-corrected chi connectivity index (χ4v) is 11.0. The Hall–Kier alpha value is -0.390. The predicted octanol–water partition coefficient (Wildman–Crippen LogP) is 5.74. The fourth-order valence-electron chi connectivity index (χ4n) is 11.0. The monoisotopic (exact) mass is 705 g/mol. The van der Waals surface area contributed by atoms with Crippen LogP contribution in [0, 0.1) is 0 Å². The number of likely N-dealkylation sites (tertiary alicyclic amines) is 6. The number of piperidine rings is 3. The van der Waals surface area contributed by atoms with E-state index in [4.69, 9.17) is 9.47 Å². The lowest BCUT2D eigenvalue weighted by molar-refractivity contribution is -0.00622. The van der Waals surface area contributed by atoms with E-state index in [0.717, 1.165) is 51.2 Å². The average Bonchev–Trinajstić information content (AvgIpc) is 3.92. The van der Waals surface area contributed by atoms with E-state index < -0.39 is 6.17 Å². The molecule has 290 valence electrons. The van der Waals surface area contributed by atoms with Gasteiger partial charge in [-0.15, -0.1) is 0 Å². The maximum atomic E-state index is 14.1. The first-order valence-electron chi connectivity index (χ1n) is 21.1. The zero-order valence-electron chi connectivity index (χ0n) is 33.5. The Labute approximate surface area is 306 Å². The van der Waals surface area contributed by atoms with Crippen molar-refractivity contribution in [2.75, 3.05) is 92.8 Å². The number of alkyl halides is 1. The highest BCUT2D eigenvalue weighted by atomic mass is 19.1. The van der Waals surface area contributed by atoms with E-state index in [0.29, 0.717) is 24.8 Å². The van der Waals surface area contributed by atoms with E-state index in [2.05, 4.69) is 64.0 Å². The normalized spacial score (nSPS) is 32.0. The van der Waals surface area contributed by atoms with Gasteiger partial charge in [-0.25, -0.2) is 4.39 Å². The van der Waals surface area contributed by atoms with Crippen molar-refractivity contribution in [2.45, 2.75) is 171 Å². The third-order valence-corrected chi connectivity index (χ3v) is 15.2. The van der Waals surface area contributed by atoms with E-state index in [9.17, 15) is 4.39 Å². The zero-order chi connectivity index (χ0) is 35.5. The van der Waals surface area contributed by atoms with Crippen LogP contribution in [0.5, 0.6) is 0 Å². The quantitative estimate of drug-likeness (QED) is 0.227. The summed E-state index contributed by atoms with van der Waals surface area (Å²) in [5, 5.41) is 0. The van der Waals surface area contributed by atoms with Gasteiger partial charge in [-0.1, -0.05) is 0 Å². The van der Waals surface area contributed by atoms with Crippen molar-refractivity contribution < 1.29 is 13.9 Å². The third kappa shape index (κ3) is 9.45. The van der Waals surface area contributed by atoms with Gasteiger partial charge in [0.15, 0.2) is 0 Å². The molecule has 6 rings (SSSR count). The van der Waals surface area contributed by atoms with E-state index in [1.165, 1.54) is 116 Å². The molecule has 0 N–H and O–H groups in total. The SMILES string of the molecule is CO[C@@H]1CCN(C2CCN(C(C)(C)CCC(C)(CCC(C)(C)N3CCC(N4CC[C@H](OC)C4)CC3)N3CCC(N4CC[C@@H](F)C4)CC3)CC2)C1. The summed E-state index contributed by atoms with van der Waals surface area (Å²) in [6, 6.07) is 2.01. The molecule has 6 fully saturated rings. The van der Waals surface area contributed by atoms with Crippen LogP contribution in [0.3, 0.4) is 0 Å². The molecule has 6 aliphatic rings. The average molecular weight is 705 g/mol. The number of methoxy groups -OCH3 is 2. The Morgan fingerprint density at radius 1 is 0.460 bits per heavy atom. The van der Waals surface area contributed by atoms with E-state index in [1.807, 2.05) is 14.2 Å². The van der Waals surface area contributed by atoms with Gasteiger partial charge in [0.1, 0.15) is 6.17 Å². The van der Waals surface area contributed by atoms with Gasteiger partial charge in [0, 0.05) is 127 Å². The van der Waals surface area contributed by atoms with Crippen LogP contribution in [0.25, 0.3) is 0 Å². The van der Waals surface area contributed by atoms with Crippen LogP contribution in [0.2, 0.25) is 0 Å². The highest BCUT2D eigenvalue weighted by molar-refractivity contribution is 4.99. The Morgan fingerprint density at radius 3 is 1.16 bits per heavy atom. The minimum absolute atomic E-state index is 0.180. The van der Waals surface area contributed by atoms with Gasteiger partial charge >= 0.3 is 0 Å². The fraction of sp³-hybridized carbons (Fsp3) is 1.00. The smallest absolute Gasteiger partial charge is 0.114 e. The van der Waals surface area contributed by atoms with Crippen LogP contribution in [0.1, 0.15) is 118 Å². The standard InChI is InChI=1S/C41H77FN6O2/c1-39(2,46-24-9-35(10-25-46)44-22-15-37(31-44)49-6)17-19-41(5,48-28-13-34(14-29-48)43-21-8-33(42)30-43)20-18-40(3,4)47-26-11-36(12-27-47)45-23-16-38(32-45)50-7/h33-38H,8-32H2,1-7H3/t33-,37-,38+,41?/m1/s1. The van der Waals surface area contributed by atoms with Crippen molar-refractivity contribution in [3.05, 3.63) is 0 Å². The van der Waals surface area contributed by atoms with Crippen LogP contribution in [-0.2, 0) is 9.47 Å². The molecule has 6 heterocycles. The van der Waals surface area contributed by atoms with Crippen molar-refractivity contribution >= 4 is 0 Å². The van der Waals surface area contributed by atoms with Gasteiger partial charge < -0.3 is 9.47 Å². The molecule has 6 aliphatic heterocycles. The molecule has 0 amide bonds. The van der Waals surface area contributed by atoms with Crippen molar-refractivity contribution in [3.63, 3.8) is 0 Å². The second-order valence-electron chi connectivity index (χ2n) is 18.9. The maximum absolute atomic E-state index is 14.1. The first-order chi connectivity index (χ1) is 23.9. The van der Waals surface area contributed by atoms with E-state index in [1.54, 1.807) is 0 Å². The van der Waals surface area contributed by atoms with Gasteiger partial charge in [-0.3, -0.25) is 29.4 Å². The molecule has 0 aromatic rings. The van der Waals surface area contributed by atoms with Crippen LogP contribution < -0.4 is 0 Å². The number of hydrogen-bond donors (Lipinski definition) is 0. The largest absolute Gasteiger partial charge is 0.380 e. The second kappa shape index (κ2) is 17.0. The van der Waals surface area contributed by atoms with Gasteiger partial charge in [-0.2, -0.15) is 0 Å². The molecule has 0 spiro atoms. The van der Waals surface area contributed by atoms with Gasteiger partial charge in [-0.05, 0) is 118 Å². The topological polar surface area (TPSA) is 37.9 Å². The Balaban J connectivity index is 1.05. The summed E-state index contributed by atoms with van der Waals surface area (Å²) in [6.07, 6.45) is 15.9. The lowest BCUT2D eigenvalue weighted by atomic mass is 9.78. The van der Waals surface area contributed by atoms with Crippen molar-refractivity contribution in [1.82, 2.24) is 29.4 Å².